The van der Waals surface area contributed by atoms with Crippen molar-refractivity contribution in [3.63, 3.8) is 0 Å². The molecule has 1 aromatic heterocycles. The van der Waals surface area contributed by atoms with E-state index in [1.807, 2.05) is 0 Å². The second-order valence-electron chi connectivity index (χ2n) is 8.84. The molecular formula is C18H27N3. The topological polar surface area (TPSA) is 30.7 Å². The molecular weight excluding hydrogens is 258 g/mol. The summed E-state index contributed by atoms with van der Waals surface area (Å²) in [6.07, 6.45) is 11.4. The molecule has 1 aromatic rings. The van der Waals surface area contributed by atoms with Crippen LogP contribution in [0.15, 0.2) is 0 Å². The molecule has 0 saturated heterocycles. The minimum Gasteiger partial charge on any atom is -0.311 e. The van der Waals surface area contributed by atoms with Crippen molar-refractivity contribution in [2.45, 2.75) is 82.6 Å². The lowest BCUT2D eigenvalue weighted by molar-refractivity contribution is -0.0113. The third kappa shape index (κ3) is 1.78. The molecule has 21 heavy (non-hydrogen) atoms. The molecule has 0 radical (unpaired) electrons. The summed E-state index contributed by atoms with van der Waals surface area (Å²) in [7, 11) is 0. The van der Waals surface area contributed by atoms with E-state index in [0.717, 1.165) is 23.8 Å². The lowest BCUT2D eigenvalue weighted by Crippen LogP contribution is -2.49. The molecule has 6 rings (SSSR count). The maximum Gasteiger partial charge on any atom is 0.139 e. The van der Waals surface area contributed by atoms with Gasteiger partial charge in [-0.2, -0.15) is 0 Å². The van der Waals surface area contributed by atoms with Gasteiger partial charge in [0.05, 0.1) is 0 Å². The van der Waals surface area contributed by atoms with E-state index >= 15 is 0 Å². The standard InChI is InChI=1S/C18H27N3/c1-11(2)16-19-20-17(21(16)15-3-4-15)18-8-12-5-13(9-18)7-14(6-12)10-18/h11-15H,3-10H2,1-2H3. The van der Waals surface area contributed by atoms with Crippen LogP contribution in [0.1, 0.15) is 88.8 Å². The molecule has 1 heterocycles. The van der Waals surface area contributed by atoms with Crippen LogP contribution >= 0.6 is 0 Å². The first-order valence-electron chi connectivity index (χ1n) is 9.10. The van der Waals surface area contributed by atoms with Crippen LogP contribution in [-0.4, -0.2) is 14.8 Å². The Balaban J connectivity index is 1.61. The maximum absolute atomic E-state index is 4.80. The zero-order valence-corrected chi connectivity index (χ0v) is 13.4. The fraction of sp³-hybridized carbons (Fsp3) is 0.889. The lowest BCUT2D eigenvalue weighted by atomic mass is 9.49. The first kappa shape index (κ1) is 12.7. The average molecular weight is 285 g/mol. The molecule has 5 saturated carbocycles. The molecule has 5 fully saturated rings. The van der Waals surface area contributed by atoms with Gasteiger partial charge in [0.15, 0.2) is 0 Å². The van der Waals surface area contributed by atoms with Crippen LogP contribution in [0.3, 0.4) is 0 Å². The van der Waals surface area contributed by atoms with E-state index in [4.69, 9.17) is 5.10 Å². The number of rotatable bonds is 3. The number of hydrogen-bond acceptors (Lipinski definition) is 2. The molecule has 0 amide bonds. The summed E-state index contributed by atoms with van der Waals surface area (Å²) in [5, 5.41) is 9.45. The second-order valence-corrected chi connectivity index (χ2v) is 8.84. The molecule has 3 nitrogen and oxygen atoms in total. The monoisotopic (exact) mass is 285 g/mol. The van der Waals surface area contributed by atoms with Crippen LogP contribution in [0.5, 0.6) is 0 Å². The highest BCUT2D eigenvalue weighted by molar-refractivity contribution is 5.21. The quantitative estimate of drug-likeness (QED) is 0.833. The van der Waals surface area contributed by atoms with Crippen molar-refractivity contribution >= 4 is 0 Å². The summed E-state index contributed by atoms with van der Waals surface area (Å²) in [5.74, 6) is 6.12. The fourth-order valence-electron chi connectivity index (χ4n) is 6.14. The van der Waals surface area contributed by atoms with Crippen molar-refractivity contribution in [2.24, 2.45) is 17.8 Å². The van der Waals surface area contributed by atoms with Gasteiger partial charge in [-0.1, -0.05) is 13.8 Å². The average Bonchev–Trinajstić information content (AvgIpc) is 3.14. The van der Waals surface area contributed by atoms with Gasteiger partial charge >= 0.3 is 0 Å². The summed E-state index contributed by atoms with van der Waals surface area (Å²) in [4.78, 5) is 0. The van der Waals surface area contributed by atoms with E-state index in [2.05, 4.69) is 23.5 Å². The van der Waals surface area contributed by atoms with Gasteiger partial charge in [-0.05, 0) is 69.1 Å². The summed E-state index contributed by atoms with van der Waals surface area (Å²) in [6, 6.07) is 0.723. The van der Waals surface area contributed by atoms with Gasteiger partial charge in [0.1, 0.15) is 11.6 Å². The normalized spacial score (nSPS) is 41.2. The van der Waals surface area contributed by atoms with Crippen molar-refractivity contribution in [2.75, 3.05) is 0 Å². The smallest absolute Gasteiger partial charge is 0.139 e. The first-order chi connectivity index (χ1) is 10.1. The minimum absolute atomic E-state index is 0.400. The predicted molar refractivity (Wildman–Crippen MR) is 82.2 cm³/mol. The van der Waals surface area contributed by atoms with Gasteiger partial charge in [0.25, 0.3) is 0 Å². The third-order valence-electron chi connectivity index (χ3n) is 6.66. The van der Waals surface area contributed by atoms with Crippen LogP contribution < -0.4 is 0 Å². The molecule has 5 aliphatic carbocycles. The van der Waals surface area contributed by atoms with Crippen LogP contribution in [0.4, 0.5) is 0 Å². The van der Waals surface area contributed by atoms with E-state index in [1.165, 1.54) is 63.0 Å². The summed E-state index contributed by atoms with van der Waals surface area (Å²) >= 11 is 0. The van der Waals surface area contributed by atoms with Crippen LogP contribution in [0, 0.1) is 17.8 Å². The SMILES string of the molecule is CC(C)c1nnc(C23CC4CC(CC(C4)C2)C3)n1C1CC1. The summed E-state index contributed by atoms with van der Waals surface area (Å²) in [6.45, 7) is 4.54. The largest absolute Gasteiger partial charge is 0.311 e. The van der Waals surface area contributed by atoms with Gasteiger partial charge < -0.3 is 4.57 Å². The lowest BCUT2D eigenvalue weighted by Gasteiger charge is -2.56. The molecule has 0 atom stereocenters. The third-order valence-corrected chi connectivity index (χ3v) is 6.66. The van der Waals surface area contributed by atoms with Crippen molar-refractivity contribution in [3.05, 3.63) is 11.6 Å². The Hall–Kier alpha value is -0.860. The van der Waals surface area contributed by atoms with E-state index in [9.17, 15) is 0 Å². The Kier molecular flexibility index (Phi) is 2.48. The van der Waals surface area contributed by atoms with Gasteiger partial charge in [0.2, 0.25) is 0 Å². The Morgan fingerprint density at radius 3 is 2.00 bits per heavy atom. The fourth-order valence-corrected chi connectivity index (χ4v) is 6.14. The number of hydrogen-bond donors (Lipinski definition) is 0. The van der Waals surface area contributed by atoms with E-state index in [-0.39, 0.29) is 0 Å². The molecule has 0 aromatic carbocycles. The zero-order chi connectivity index (χ0) is 14.2. The Bertz CT molecular complexity index is 532. The Labute approximate surface area is 127 Å². The molecule has 114 valence electrons. The van der Waals surface area contributed by atoms with Gasteiger partial charge in [0, 0.05) is 17.4 Å². The number of nitrogens with zero attached hydrogens (tertiary/aromatic N) is 3. The highest BCUT2D eigenvalue weighted by Crippen LogP contribution is 2.61. The molecule has 3 heteroatoms. The van der Waals surface area contributed by atoms with Gasteiger partial charge in [-0.15, -0.1) is 10.2 Å². The molecule has 4 bridgehead atoms. The molecule has 0 N–H and O–H groups in total. The van der Waals surface area contributed by atoms with Gasteiger partial charge in [-0.25, -0.2) is 0 Å². The Morgan fingerprint density at radius 1 is 0.952 bits per heavy atom. The van der Waals surface area contributed by atoms with Gasteiger partial charge in [-0.3, -0.25) is 0 Å². The summed E-state index contributed by atoms with van der Waals surface area (Å²) in [5.41, 5.74) is 0.400. The zero-order valence-electron chi connectivity index (χ0n) is 13.4. The van der Waals surface area contributed by atoms with Crippen LogP contribution in [0.2, 0.25) is 0 Å². The predicted octanol–water partition coefficient (Wildman–Crippen LogP) is 4.20. The van der Waals surface area contributed by atoms with Crippen molar-refractivity contribution in [1.29, 1.82) is 0 Å². The second kappa shape index (κ2) is 4.11. The summed E-state index contributed by atoms with van der Waals surface area (Å²) < 4.78 is 2.60. The Morgan fingerprint density at radius 2 is 1.52 bits per heavy atom. The molecule has 0 unspecified atom stereocenters. The number of aromatic nitrogens is 3. The molecule has 5 aliphatic rings. The molecule has 0 aliphatic heterocycles. The van der Waals surface area contributed by atoms with E-state index in [0.29, 0.717) is 11.3 Å². The van der Waals surface area contributed by atoms with Crippen molar-refractivity contribution < 1.29 is 0 Å². The maximum atomic E-state index is 4.80. The highest BCUT2D eigenvalue weighted by atomic mass is 15.3. The van der Waals surface area contributed by atoms with E-state index in [1.54, 1.807) is 0 Å². The van der Waals surface area contributed by atoms with Crippen LogP contribution in [-0.2, 0) is 5.41 Å². The first-order valence-corrected chi connectivity index (χ1v) is 9.10. The minimum atomic E-state index is 0.400. The highest BCUT2D eigenvalue weighted by Gasteiger charge is 2.54. The van der Waals surface area contributed by atoms with Crippen molar-refractivity contribution in [3.8, 4) is 0 Å². The molecule has 0 spiro atoms. The van der Waals surface area contributed by atoms with E-state index < -0.39 is 0 Å². The van der Waals surface area contributed by atoms with Crippen LogP contribution in [0.25, 0.3) is 0 Å². The van der Waals surface area contributed by atoms with Crippen molar-refractivity contribution in [1.82, 2.24) is 14.8 Å².